The smallest absolute Gasteiger partial charge is 0.246 e. The second-order valence-corrected chi connectivity index (χ2v) is 6.98. The lowest BCUT2D eigenvalue weighted by atomic mass is 9.90. The topological polar surface area (TPSA) is 49.4 Å². The molecule has 1 heterocycles. The molecule has 3 rings (SSSR count). The number of hydrogen-bond donors (Lipinski definition) is 1. The van der Waals surface area contributed by atoms with Crippen LogP contribution in [0.2, 0.25) is 0 Å². The van der Waals surface area contributed by atoms with Gasteiger partial charge >= 0.3 is 0 Å². The molecule has 1 aliphatic carbocycles. The van der Waals surface area contributed by atoms with Crippen molar-refractivity contribution in [3.05, 3.63) is 30.3 Å². The molecule has 1 saturated carbocycles. The summed E-state index contributed by atoms with van der Waals surface area (Å²) in [7, 11) is 0. The number of rotatable bonds is 5. The lowest BCUT2D eigenvalue weighted by Gasteiger charge is -2.44. The number of nitrogens with one attached hydrogen (secondary N) is 1. The summed E-state index contributed by atoms with van der Waals surface area (Å²) in [5, 5.41) is 2.74. The van der Waals surface area contributed by atoms with E-state index in [9.17, 15) is 9.59 Å². The number of piperazine rings is 1. The van der Waals surface area contributed by atoms with Gasteiger partial charge in [0.2, 0.25) is 11.8 Å². The van der Waals surface area contributed by atoms with Crippen molar-refractivity contribution < 1.29 is 9.59 Å². The lowest BCUT2D eigenvalue weighted by molar-refractivity contribution is -0.153. The van der Waals surface area contributed by atoms with Crippen molar-refractivity contribution in [2.75, 3.05) is 18.8 Å². The van der Waals surface area contributed by atoms with E-state index in [-0.39, 0.29) is 18.4 Å². The minimum absolute atomic E-state index is 0.00862. The Morgan fingerprint density at radius 3 is 2.67 bits per heavy atom. The highest BCUT2D eigenvalue weighted by atomic mass is 32.2. The zero-order valence-corrected chi connectivity index (χ0v) is 13.0. The van der Waals surface area contributed by atoms with Crippen molar-refractivity contribution in [3.8, 4) is 0 Å². The maximum atomic E-state index is 12.3. The molecule has 2 fully saturated rings. The minimum atomic E-state index is -0.646. The lowest BCUT2D eigenvalue weighted by Crippen LogP contribution is -2.67. The molecule has 1 N–H and O–H groups in total. The van der Waals surface area contributed by atoms with Crippen molar-refractivity contribution in [2.24, 2.45) is 5.92 Å². The van der Waals surface area contributed by atoms with Gasteiger partial charge in [-0.05, 0) is 37.8 Å². The quantitative estimate of drug-likeness (QED) is 0.845. The van der Waals surface area contributed by atoms with E-state index in [1.165, 1.54) is 4.90 Å². The van der Waals surface area contributed by atoms with Gasteiger partial charge in [0, 0.05) is 17.2 Å². The molecular weight excluding hydrogens is 284 g/mol. The SMILES string of the molecule is CC1(C2CC2)C(=O)NCC(=O)N1CCSc1ccccc1. The maximum absolute atomic E-state index is 12.3. The highest BCUT2D eigenvalue weighted by Crippen LogP contribution is 2.44. The van der Waals surface area contributed by atoms with E-state index < -0.39 is 5.54 Å². The Morgan fingerprint density at radius 2 is 2.00 bits per heavy atom. The largest absolute Gasteiger partial charge is 0.345 e. The molecule has 1 atom stereocenters. The van der Waals surface area contributed by atoms with Gasteiger partial charge in [0.15, 0.2) is 0 Å². The molecule has 1 unspecified atom stereocenters. The normalized spacial score (nSPS) is 25.9. The first-order valence-corrected chi connectivity index (χ1v) is 8.37. The van der Waals surface area contributed by atoms with Gasteiger partial charge < -0.3 is 10.2 Å². The predicted molar refractivity (Wildman–Crippen MR) is 83.0 cm³/mol. The average Bonchev–Trinajstić information content (AvgIpc) is 3.33. The van der Waals surface area contributed by atoms with Crippen molar-refractivity contribution in [2.45, 2.75) is 30.2 Å². The van der Waals surface area contributed by atoms with Gasteiger partial charge in [-0.15, -0.1) is 11.8 Å². The zero-order chi connectivity index (χ0) is 14.9. The van der Waals surface area contributed by atoms with E-state index >= 15 is 0 Å². The van der Waals surface area contributed by atoms with Gasteiger partial charge in [0.1, 0.15) is 5.54 Å². The van der Waals surface area contributed by atoms with Crippen LogP contribution in [0.4, 0.5) is 0 Å². The summed E-state index contributed by atoms with van der Waals surface area (Å²) in [6.45, 7) is 2.68. The van der Waals surface area contributed by atoms with Crippen LogP contribution in [0.25, 0.3) is 0 Å². The van der Waals surface area contributed by atoms with Crippen LogP contribution >= 0.6 is 11.8 Å². The number of amides is 2. The van der Waals surface area contributed by atoms with E-state index in [1.54, 1.807) is 16.7 Å². The van der Waals surface area contributed by atoms with E-state index in [1.807, 2.05) is 25.1 Å². The van der Waals surface area contributed by atoms with Crippen molar-refractivity contribution in [1.82, 2.24) is 10.2 Å². The molecule has 1 aromatic rings. The Labute approximate surface area is 129 Å². The van der Waals surface area contributed by atoms with Crippen LogP contribution in [-0.4, -0.2) is 41.1 Å². The van der Waals surface area contributed by atoms with Gasteiger partial charge in [0.25, 0.3) is 0 Å². The highest BCUT2D eigenvalue weighted by Gasteiger charge is 2.54. The van der Waals surface area contributed by atoms with Crippen molar-refractivity contribution >= 4 is 23.6 Å². The van der Waals surface area contributed by atoms with Crippen molar-refractivity contribution in [1.29, 1.82) is 0 Å². The monoisotopic (exact) mass is 304 g/mol. The Kier molecular flexibility index (Phi) is 3.93. The fourth-order valence-corrected chi connectivity index (χ4v) is 3.85. The number of carbonyl (C=O) groups excluding carboxylic acids is 2. The summed E-state index contributed by atoms with van der Waals surface area (Å²) in [6.07, 6.45) is 2.08. The molecule has 1 saturated heterocycles. The van der Waals surface area contributed by atoms with Crippen LogP contribution in [0.15, 0.2) is 35.2 Å². The van der Waals surface area contributed by atoms with Crippen LogP contribution in [0.5, 0.6) is 0 Å². The Morgan fingerprint density at radius 1 is 1.29 bits per heavy atom. The summed E-state index contributed by atoms with van der Waals surface area (Å²) in [5.41, 5.74) is -0.646. The third kappa shape index (κ3) is 2.79. The molecule has 0 aromatic heterocycles. The minimum Gasteiger partial charge on any atom is -0.345 e. The van der Waals surface area contributed by atoms with E-state index in [0.717, 1.165) is 18.6 Å². The second kappa shape index (κ2) is 5.72. The molecular formula is C16H20N2O2S. The molecule has 1 aromatic carbocycles. The molecule has 0 spiro atoms. The summed E-state index contributed by atoms with van der Waals surface area (Å²) in [6, 6.07) is 10.1. The molecule has 1 aliphatic heterocycles. The van der Waals surface area contributed by atoms with Crippen LogP contribution in [-0.2, 0) is 9.59 Å². The van der Waals surface area contributed by atoms with E-state index in [4.69, 9.17) is 0 Å². The Bertz CT molecular complexity index is 544. The van der Waals surface area contributed by atoms with E-state index in [2.05, 4.69) is 17.4 Å². The molecule has 4 nitrogen and oxygen atoms in total. The first kappa shape index (κ1) is 14.4. The second-order valence-electron chi connectivity index (χ2n) is 5.81. The van der Waals surface area contributed by atoms with Crippen LogP contribution < -0.4 is 5.32 Å². The highest BCUT2D eigenvalue weighted by molar-refractivity contribution is 7.99. The summed E-state index contributed by atoms with van der Waals surface area (Å²) >= 11 is 1.72. The van der Waals surface area contributed by atoms with Gasteiger partial charge in [-0.1, -0.05) is 18.2 Å². The third-order valence-corrected chi connectivity index (χ3v) is 5.41. The Balaban J connectivity index is 1.66. The molecule has 112 valence electrons. The van der Waals surface area contributed by atoms with Gasteiger partial charge in [0.05, 0.1) is 6.54 Å². The molecule has 5 heteroatoms. The average molecular weight is 304 g/mol. The van der Waals surface area contributed by atoms with Crippen LogP contribution in [0.1, 0.15) is 19.8 Å². The van der Waals surface area contributed by atoms with Crippen LogP contribution in [0, 0.1) is 5.92 Å². The number of hydrogen-bond acceptors (Lipinski definition) is 3. The molecule has 0 bridgehead atoms. The van der Waals surface area contributed by atoms with Gasteiger partial charge in [-0.25, -0.2) is 0 Å². The molecule has 0 radical (unpaired) electrons. The summed E-state index contributed by atoms with van der Waals surface area (Å²) < 4.78 is 0. The first-order valence-electron chi connectivity index (χ1n) is 7.39. The first-order chi connectivity index (χ1) is 10.1. The zero-order valence-electron chi connectivity index (χ0n) is 12.2. The van der Waals surface area contributed by atoms with Gasteiger partial charge in [-0.2, -0.15) is 0 Å². The predicted octanol–water partition coefficient (Wildman–Crippen LogP) is 1.91. The summed E-state index contributed by atoms with van der Waals surface area (Å²) in [4.78, 5) is 27.5. The standard InChI is InChI=1S/C16H20N2O2S/c1-16(12-7-8-12)15(20)17-11-14(19)18(16)9-10-21-13-5-3-2-4-6-13/h2-6,12H,7-11H2,1H3,(H,17,20). The van der Waals surface area contributed by atoms with Crippen LogP contribution in [0.3, 0.4) is 0 Å². The maximum Gasteiger partial charge on any atom is 0.246 e. The number of benzene rings is 1. The number of carbonyl (C=O) groups is 2. The number of nitrogens with zero attached hydrogens (tertiary/aromatic N) is 1. The van der Waals surface area contributed by atoms with E-state index in [0.29, 0.717) is 12.5 Å². The summed E-state index contributed by atoms with van der Waals surface area (Å²) in [5.74, 6) is 1.18. The number of thioether (sulfide) groups is 1. The Hall–Kier alpha value is -1.49. The van der Waals surface area contributed by atoms with Gasteiger partial charge in [-0.3, -0.25) is 9.59 Å². The molecule has 2 aliphatic rings. The fraction of sp³-hybridized carbons (Fsp3) is 0.500. The van der Waals surface area contributed by atoms with Crippen molar-refractivity contribution in [3.63, 3.8) is 0 Å². The molecule has 2 amide bonds. The molecule has 21 heavy (non-hydrogen) atoms. The third-order valence-electron chi connectivity index (χ3n) is 4.42. The fourth-order valence-electron chi connectivity index (χ4n) is 2.99.